The molecule has 0 radical (unpaired) electrons. The van der Waals surface area contributed by atoms with Crippen LogP contribution in [0, 0.1) is 0 Å². The lowest BCUT2D eigenvalue weighted by molar-refractivity contribution is 0.0381. The van der Waals surface area contributed by atoms with Gasteiger partial charge >= 0.3 is 0 Å². The second-order valence-electron chi connectivity index (χ2n) is 9.98. The summed E-state index contributed by atoms with van der Waals surface area (Å²) in [5.74, 6) is 0. The standard InChI is InChI=1S/C29H39N7/c1-2-13-29-28(12-1)35(22-26-8-3-5-14-32-26)18-16-30-20-24-10-7-11-25(34-24)21-31-17-19-36(29)23-27-9-4-6-15-33-27/h3-11,14-15,28-31H,1-2,12-13,16-23H2/t28-,29-/m1/s1. The zero-order chi connectivity index (χ0) is 24.4. The Hall–Kier alpha value is -2.71. The fourth-order valence-electron chi connectivity index (χ4n) is 5.67. The van der Waals surface area contributed by atoms with Gasteiger partial charge in [0.15, 0.2) is 0 Å². The fourth-order valence-corrected chi connectivity index (χ4v) is 5.67. The minimum Gasteiger partial charge on any atom is -0.310 e. The van der Waals surface area contributed by atoms with E-state index in [0.717, 1.165) is 75.1 Å². The first-order valence-corrected chi connectivity index (χ1v) is 13.5. The van der Waals surface area contributed by atoms with Gasteiger partial charge in [0.2, 0.25) is 0 Å². The molecule has 1 saturated carbocycles. The van der Waals surface area contributed by atoms with Crippen LogP contribution in [0.4, 0.5) is 0 Å². The number of nitrogens with one attached hydrogen (secondary N) is 2. The molecule has 2 bridgehead atoms. The average molecular weight is 486 g/mol. The molecule has 0 saturated heterocycles. The first-order chi connectivity index (χ1) is 17.8. The fraction of sp³-hybridized carbons (Fsp3) is 0.483. The summed E-state index contributed by atoms with van der Waals surface area (Å²) in [6.07, 6.45) is 8.87. The summed E-state index contributed by atoms with van der Waals surface area (Å²) in [5, 5.41) is 7.31. The van der Waals surface area contributed by atoms with E-state index in [1.54, 1.807) is 0 Å². The van der Waals surface area contributed by atoms with Crippen LogP contribution in [0.25, 0.3) is 0 Å². The predicted molar refractivity (Wildman–Crippen MR) is 143 cm³/mol. The third-order valence-electron chi connectivity index (χ3n) is 7.44. The Bertz CT molecular complexity index is 965. The second kappa shape index (κ2) is 13.0. The van der Waals surface area contributed by atoms with E-state index in [1.807, 2.05) is 24.5 Å². The highest BCUT2D eigenvalue weighted by molar-refractivity contribution is 5.11. The minimum atomic E-state index is 0.496. The van der Waals surface area contributed by atoms with Gasteiger partial charge in [0.1, 0.15) is 0 Å². The molecule has 0 amide bonds. The molecular formula is C29H39N7. The van der Waals surface area contributed by atoms with Crippen molar-refractivity contribution in [1.82, 2.24) is 35.4 Å². The largest absolute Gasteiger partial charge is 0.310 e. The van der Waals surface area contributed by atoms with E-state index < -0.39 is 0 Å². The van der Waals surface area contributed by atoms with E-state index in [-0.39, 0.29) is 0 Å². The van der Waals surface area contributed by atoms with Crippen LogP contribution in [0.2, 0.25) is 0 Å². The van der Waals surface area contributed by atoms with Crippen molar-refractivity contribution >= 4 is 0 Å². The summed E-state index contributed by atoms with van der Waals surface area (Å²) >= 11 is 0. The van der Waals surface area contributed by atoms with E-state index in [2.05, 4.69) is 72.9 Å². The van der Waals surface area contributed by atoms with Crippen LogP contribution in [-0.2, 0) is 26.2 Å². The third-order valence-corrected chi connectivity index (χ3v) is 7.44. The van der Waals surface area contributed by atoms with Crippen LogP contribution in [0.3, 0.4) is 0 Å². The molecule has 7 heteroatoms. The Morgan fingerprint density at radius 3 is 1.67 bits per heavy atom. The Labute approximate surface area is 215 Å². The predicted octanol–water partition coefficient (Wildman–Crippen LogP) is 3.38. The van der Waals surface area contributed by atoms with Crippen LogP contribution in [0.5, 0.6) is 0 Å². The van der Waals surface area contributed by atoms with Gasteiger partial charge < -0.3 is 10.6 Å². The monoisotopic (exact) mass is 485 g/mol. The third kappa shape index (κ3) is 6.95. The van der Waals surface area contributed by atoms with E-state index in [1.165, 1.54) is 25.7 Å². The summed E-state index contributed by atoms with van der Waals surface area (Å²) in [6.45, 7) is 7.21. The molecule has 1 aliphatic heterocycles. The molecule has 2 aliphatic rings. The van der Waals surface area contributed by atoms with Crippen molar-refractivity contribution < 1.29 is 0 Å². The lowest BCUT2D eigenvalue weighted by Gasteiger charge is -2.45. The maximum absolute atomic E-state index is 4.86. The molecule has 36 heavy (non-hydrogen) atoms. The highest BCUT2D eigenvalue weighted by Gasteiger charge is 2.34. The summed E-state index contributed by atoms with van der Waals surface area (Å²) in [7, 11) is 0. The van der Waals surface area contributed by atoms with Crippen molar-refractivity contribution in [2.45, 2.75) is 63.9 Å². The molecule has 1 aliphatic carbocycles. The van der Waals surface area contributed by atoms with Crippen molar-refractivity contribution in [2.75, 3.05) is 26.2 Å². The molecule has 2 N–H and O–H groups in total. The number of nitrogens with zero attached hydrogens (tertiary/aromatic N) is 5. The molecule has 0 unspecified atom stereocenters. The van der Waals surface area contributed by atoms with E-state index >= 15 is 0 Å². The summed E-state index contributed by atoms with van der Waals surface area (Å²) in [6, 6.07) is 19.9. The Kier molecular flexibility index (Phi) is 9.02. The van der Waals surface area contributed by atoms with Crippen molar-refractivity contribution in [3.05, 3.63) is 89.8 Å². The molecular weight excluding hydrogens is 446 g/mol. The minimum absolute atomic E-state index is 0.496. The van der Waals surface area contributed by atoms with Crippen LogP contribution in [-0.4, -0.2) is 63.0 Å². The average Bonchev–Trinajstić information content (AvgIpc) is 2.93. The molecule has 0 aromatic carbocycles. The number of rotatable bonds is 4. The molecule has 2 atom stereocenters. The molecule has 3 aromatic rings. The molecule has 5 rings (SSSR count). The molecule has 1 fully saturated rings. The van der Waals surface area contributed by atoms with Gasteiger partial charge in [-0.2, -0.15) is 0 Å². The number of hydrogen-bond acceptors (Lipinski definition) is 7. The molecule has 190 valence electrons. The lowest BCUT2D eigenvalue weighted by atomic mass is 9.87. The maximum atomic E-state index is 4.86. The Balaban J connectivity index is 1.41. The zero-order valence-electron chi connectivity index (χ0n) is 21.2. The summed E-state index contributed by atoms with van der Waals surface area (Å²) in [4.78, 5) is 19.6. The molecule has 3 aromatic heterocycles. The Morgan fingerprint density at radius 1 is 0.667 bits per heavy atom. The van der Waals surface area contributed by atoms with Gasteiger partial charge in [0.25, 0.3) is 0 Å². The van der Waals surface area contributed by atoms with E-state index in [9.17, 15) is 0 Å². The van der Waals surface area contributed by atoms with Gasteiger partial charge in [0, 0.05) is 76.8 Å². The van der Waals surface area contributed by atoms with Gasteiger partial charge in [-0.3, -0.25) is 24.8 Å². The summed E-state index contributed by atoms with van der Waals surface area (Å²) < 4.78 is 0. The smallest absolute Gasteiger partial charge is 0.0545 e. The van der Waals surface area contributed by atoms with Crippen LogP contribution < -0.4 is 10.6 Å². The van der Waals surface area contributed by atoms with Gasteiger partial charge in [0.05, 0.1) is 22.8 Å². The SMILES string of the molecule is c1ccc(CN2CCNCc3cccc(n3)CNCCN(Cc3ccccn3)[C@@H]3CCCC[C@H]32)nc1. The number of fused-ring (bicyclic) bond motifs is 3. The number of aromatic nitrogens is 3. The number of pyridine rings is 3. The van der Waals surface area contributed by atoms with Crippen LogP contribution >= 0.6 is 0 Å². The normalized spacial score (nSPS) is 22.8. The topological polar surface area (TPSA) is 69.2 Å². The van der Waals surface area contributed by atoms with Crippen LogP contribution in [0.15, 0.2) is 67.0 Å². The van der Waals surface area contributed by atoms with Crippen molar-refractivity contribution in [2.24, 2.45) is 0 Å². The van der Waals surface area contributed by atoms with Gasteiger partial charge in [-0.1, -0.05) is 31.0 Å². The van der Waals surface area contributed by atoms with Gasteiger partial charge in [-0.05, 0) is 49.2 Å². The van der Waals surface area contributed by atoms with E-state index in [0.29, 0.717) is 12.1 Å². The van der Waals surface area contributed by atoms with E-state index in [4.69, 9.17) is 4.98 Å². The van der Waals surface area contributed by atoms with Crippen molar-refractivity contribution in [1.29, 1.82) is 0 Å². The molecule has 0 spiro atoms. The zero-order valence-corrected chi connectivity index (χ0v) is 21.2. The van der Waals surface area contributed by atoms with Crippen molar-refractivity contribution in [3.63, 3.8) is 0 Å². The highest BCUT2D eigenvalue weighted by atomic mass is 15.3. The Morgan fingerprint density at radius 2 is 1.19 bits per heavy atom. The summed E-state index contributed by atoms with van der Waals surface area (Å²) in [5.41, 5.74) is 4.50. The first kappa shape index (κ1) is 25.0. The highest BCUT2D eigenvalue weighted by Crippen LogP contribution is 2.29. The van der Waals surface area contributed by atoms with Crippen molar-refractivity contribution in [3.8, 4) is 0 Å². The molecule has 7 nitrogen and oxygen atoms in total. The lowest BCUT2D eigenvalue weighted by Crippen LogP contribution is -2.55. The maximum Gasteiger partial charge on any atom is 0.0545 e. The first-order valence-electron chi connectivity index (χ1n) is 13.5. The van der Waals surface area contributed by atoms with Crippen LogP contribution in [0.1, 0.15) is 48.5 Å². The van der Waals surface area contributed by atoms with Gasteiger partial charge in [-0.25, -0.2) is 0 Å². The van der Waals surface area contributed by atoms with Gasteiger partial charge in [-0.15, -0.1) is 0 Å². The quantitative estimate of drug-likeness (QED) is 0.587. The molecule has 4 heterocycles. The number of hydrogen-bond donors (Lipinski definition) is 2. The second-order valence-corrected chi connectivity index (χ2v) is 9.98.